The number of hydrogen-bond donors (Lipinski definition) is 1. The molecule has 0 heterocycles. The van der Waals surface area contributed by atoms with Crippen LogP contribution in [-0.2, 0) is 23.0 Å². The fourth-order valence-corrected chi connectivity index (χ4v) is 8.96. The van der Waals surface area contributed by atoms with Gasteiger partial charge in [0.05, 0.1) is 11.4 Å². The zero-order valence-corrected chi connectivity index (χ0v) is 30.9. The lowest BCUT2D eigenvalue weighted by atomic mass is 9.75. The van der Waals surface area contributed by atoms with E-state index in [9.17, 15) is 13.0 Å². The van der Waals surface area contributed by atoms with E-state index in [1.54, 1.807) is 0 Å². The Bertz CT molecular complexity index is 977. The Morgan fingerprint density at radius 2 is 1.00 bits per heavy atom. The molecule has 45 heavy (non-hydrogen) atoms. The molecule has 0 saturated heterocycles. The Morgan fingerprint density at radius 3 is 1.33 bits per heavy atom. The second kappa shape index (κ2) is 24.3. The van der Waals surface area contributed by atoms with Gasteiger partial charge in [0, 0.05) is 0 Å². The number of hydrogen-bond acceptors (Lipinski definition) is 3. The molecule has 0 spiro atoms. The molecule has 4 nitrogen and oxygen atoms in total. The first-order valence-corrected chi connectivity index (χ1v) is 21.2. The Hall–Kier alpha value is -0.910. The van der Waals surface area contributed by atoms with Gasteiger partial charge in [-0.15, -0.1) is 0 Å². The molecule has 0 atom stereocenters. The molecule has 0 radical (unpaired) electrons. The van der Waals surface area contributed by atoms with Crippen molar-refractivity contribution in [3.8, 4) is 0 Å². The van der Waals surface area contributed by atoms with Gasteiger partial charge < -0.3 is 10.3 Å². The normalized spacial score (nSPS) is 19.7. The highest BCUT2D eigenvalue weighted by molar-refractivity contribution is 7.85. The Kier molecular flexibility index (Phi) is 21.7. The summed E-state index contributed by atoms with van der Waals surface area (Å²) in [5, 5.41) is 0. The lowest BCUT2D eigenvalue weighted by molar-refractivity contribution is -0.368. The summed E-state index contributed by atoms with van der Waals surface area (Å²) in [4.78, 5) is 0.143. The van der Waals surface area contributed by atoms with E-state index in [2.05, 4.69) is 26.5 Å². The first kappa shape index (κ1) is 40.3. The molecule has 3 N–H and O–H groups in total. The first-order valence-electron chi connectivity index (χ1n) is 19.8. The standard InChI is InChI=1S/C34H58O3S.C6H15N/c1-3-28-27-32(38(35,36)37)34(30-25-21-17-13-9-6-10-14-18-22-26-30)33(31(28)4-2)29-23-19-15-11-7-5-8-12-16-20-24-29;1-2-3-4-5-6-7/h27,29-30H,3-26H2,1-2H3,(H,35,36,37);2-7H2,1H3. The van der Waals surface area contributed by atoms with Crippen molar-refractivity contribution < 1.29 is 18.7 Å². The molecule has 2 saturated carbocycles. The van der Waals surface area contributed by atoms with E-state index in [1.807, 2.05) is 6.07 Å². The van der Waals surface area contributed by atoms with Gasteiger partial charge >= 0.3 is 0 Å². The predicted octanol–water partition coefficient (Wildman–Crippen LogP) is 11.3. The number of quaternary nitrogens is 1. The molecular formula is C40H73NO3S. The number of rotatable bonds is 9. The molecular weight excluding hydrogens is 575 g/mol. The highest BCUT2D eigenvalue weighted by Crippen LogP contribution is 2.44. The molecule has 0 aromatic heterocycles. The van der Waals surface area contributed by atoms with Crippen molar-refractivity contribution in [3.05, 3.63) is 28.3 Å². The van der Waals surface area contributed by atoms with Crippen LogP contribution in [0, 0.1) is 0 Å². The molecule has 2 fully saturated rings. The number of unbranched alkanes of at least 4 members (excludes halogenated alkanes) is 3. The SMILES string of the molecule is CCCCCC[NH3+].CCc1cc(S(=O)(=O)[O-])c(C2CCCCCCCCCCC2)c(C2CCCCCCCCCCC2)c1CC. The van der Waals surface area contributed by atoms with E-state index in [4.69, 9.17) is 0 Å². The molecule has 2 aliphatic carbocycles. The van der Waals surface area contributed by atoms with Crippen LogP contribution in [0.2, 0.25) is 0 Å². The Morgan fingerprint density at radius 1 is 0.600 bits per heavy atom. The van der Waals surface area contributed by atoms with Crippen molar-refractivity contribution in [2.24, 2.45) is 0 Å². The third kappa shape index (κ3) is 15.2. The second-order valence-electron chi connectivity index (χ2n) is 14.3. The van der Waals surface area contributed by atoms with Gasteiger partial charge in [0.1, 0.15) is 10.1 Å². The summed E-state index contributed by atoms with van der Waals surface area (Å²) in [6, 6.07) is 1.81. The number of benzene rings is 1. The van der Waals surface area contributed by atoms with Gasteiger partial charge in [-0.2, -0.15) is 0 Å². The highest BCUT2D eigenvalue weighted by atomic mass is 32.2. The van der Waals surface area contributed by atoms with Crippen LogP contribution < -0.4 is 5.73 Å². The van der Waals surface area contributed by atoms with Crippen LogP contribution in [0.4, 0.5) is 0 Å². The van der Waals surface area contributed by atoms with Crippen LogP contribution in [-0.4, -0.2) is 19.5 Å². The summed E-state index contributed by atoms with van der Waals surface area (Å²) < 4.78 is 38.8. The zero-order chi connectivity index (χ0) is 32.8. The maximum absolute atomic E-state index is 12.9. The Balaban J connectivity index is 0.000000900. The van der Waals surface area contributed by atoms with Crippen molar-refractivity contribution in [1.82, 2.24) is 0 Å². The molecule has 0 amide bonds. The maximum atomic E-state index is 12.9. The molecule has 0 unspecified atom stereocenters. The zero-order valence-electron chi connectivity index (χ0n) is 30.1. The molecule has 3 rings (SSSR count). The van der Waals surface area contributed by atoms with Crippen LogP contribution in [0.1, 0.15) is 222 Å². The van der Waals surface area contributed by atoms with E-state index < -0.39 is 10.1 Å². The van der Waals surface area contributed by atoms with Crippen LogP contribution in [0.3, 0.4) is 0 Å². The van der Waals surface area contributed by atoms with Crippen molar-refractivity contribution in [2.75, 3.05) is 6.54 Å². The molecule has 0 aliphatic heterocycles. The summed E-state index contributed by atoms with van der Waals surface area (Å²) in [6.45, 7) is 7.70. The monoisotopic (exact) mass is 648 g/mol. The summed E-state index contributed by atoms with van der Waals surface area (Å²) in [5.41, 5.74) is 8.52. The average Bonchev–Trinajstić information content (AvgIpc) is 3.01. The summed E-state index contributed by atoms with van der Waals surface area (Å²) in [5.74, 6) is 0.577. The topological polar surface area (TPSA) is 84.8 Å². The highest BCUT2D eigenvalue weighted by Gasteiger charge is 2.29. The van der Waals surface area contributed by atoms with Gasteiger partial charge in [0.2, 0.25) is 0 Å². The largest absolute Gasteiger partial charge is 0.744 e. The minimum absolute atomic E-state index is 0.143. The quantitative estimate of drug-likeness (QED) is 0.214. The van der Waals surface area contributed by atoms with Crippen LogP contribution in [0.5, 0.6) is 0 Å². The maximum Gasteiger partial charge on any atom is 0.124 e. The van der Waals surface area contributed by atoms with Gasteiger partial charge in [-0.3, -0.25) is 0 Å². The van der Waals surface area contributed by atoms with Crippen molar-refractivity contribution in [2.45, 2.75) is 217 Å². The van der Waals surface area contributed by atoms with E-state index in [1.165, 1.54) is 140 Å². The Labute approximate surface area is 280 Å². The van der Waals surface area contributed by atoms with E-state index >= 15 is 0 Å². The van der Waals surface area contributed by atoms with E-state index in [0.717, 1.165) is 69.0 Å². The molecule has 2 aliphatic rings. The van der Waals surface area contributed by atoms with E-state index in [0.29, 0.717) is 5.92 Å². The van der Waals surface area contributed by atoms with Gasteiger partial charge in [-0.05, 0) is 91.5 Å². The molecule has 262 valence electrons. The molecule has 0 bridgehead atoms. The van der Waals surface area contributed by atoms with Gasteiger partial charge in [-0.1, -0.05) is 149 Å². The summed E-state index contributed by atoms with van der Waals surface area (Å²) in [6.07, 6.45) is 34.4. The second-order valence-corrected chi connectivity index (χ2v) is 15.7. The lowest BCUT2D eigenvalue weighted by Crippen LogP contribution is -2.50. The average molecular weight is 648 g/mol. The van der Waals surface area contributed by atoms with Gasteiger partial charge in [0.15, 0.2) is 0 Å². The number of aryl methyl sites for hydroxylation is 1. The van der Waals surface area contributed by atoms with Crippen molar-refractivity contribution in [3.63, 3.8) is 0 Å². The van der Waals surface area contributed by atoms with E-state index in [-0.39, 0.29) is 10.8 Å². The third-order valence-electron chi connectivity index (χ3n) is 10.7. The van der Waals surface area contributed by atoms with Crippen molar-refractivity contribution in [1.29, 1.82) is 0 Å². The van der Waals surface area contributed by atoms with Gasteiger partial charge in [-0.25, -0.2) is 8.42 Å². The molecule has 1 aromatic carbocycles. The van der Waals surface area contributed by atoms with Crippen molar-refractivity contribution >= 4 is 10.1 Å². The fraction of sp³-hybridized carbons (Fsp3) is 0.850. The summed E-state index contributed by atoms with van der Waals surface area (Å²) >= 11 is 0. The molecule has 1 aromatic rings. The van der Waals surface area contributed by atoms with Crippen LogP contribution >= 0.6 is 0 Å². The third-order valence-corrected chi connectivity index (χ3v) is 11.6. The van der Waals surface area contributed by atoms with Gasteiger partial charge in [0.25, 0.3) is 0 Å². The first-order chi connectivity index (χ1) is 21.9. The minimum atomic E-state index is -4.54. The van der Waals surface area contributed by atoms with Crippen LogP contribution in [0.25, 0.3) is 0 Å². The van der Waals surface area contributed by atoms with Crippen LogP contribution in [0.15, 0.2) is 11.0 Å². The molecule has 5 heteroatoms. The predicted molar refractivity (Wildman–Crippen MR) is 192 cm³/mol. The smallest absolute Gasteiger partial charge is 0.124 e. The summed E-state index contributed by atoms with van der Waals surface area (Å²) in [7, 11) is -4.54. The fourth-order valence-electron chi connectivity index (χ4n) is 8.13. The lowest BCUT2D eigenvalue weighted by Gasteiger charge is -2.33. The minimum Gasteiger partial charge on any atom is -0.744 e.